The lowest BCUT2D eigenvalue weighted by Gasteiger charge is -2.35. The molecular weight excluding hydrogens is 306 g/mol. The summed E-state index contributed by atoms with van der Waals surface area (Å²) in [5, 5.41) is 5.43. The molecular formula is C18H35N3O3. The van der Waals surface area contributed by atoms with E-state index in [2.05, 4.69) is 10.6 Å². The summed E-state index contributed by atoms with van der Waals surface area (Å²) in [5.41, 5.74) is -0.827. The molecule has 0 heterocycles. The lowest BCUT2D eigenvalue weighted by atomic mass is 9.85. The van der Waals surface area contributed by atoms with Crippen molar-refractivity contribution in [1.29, 1.82) is 0 Å². The van der Waals surface area contributed by atoms with Gasteiger partial charge in [-0.25, -0.2) is 4.79 Å². The summed E-state index contributed by atoms with van der Waals surface area (Å²) < 4.78 is 0. The maximum atomic E-state index is 12.8. The third-order valence-corrected chi connectivity index (χ3v) is 3.93. The number of hydrogen-bond donors (Lipinski definition) is 2. The molecule has 0 fully saturated rings. The number of hydrogen-bond acceptors (Lipinski definition) is 3. The van der Waals surface area contributed by atoms with Gasteiger partial charge in [0.05, 0.1) is 6.04 Å². The molecule has 24 heavy (non-hydrogen) atoms. The summed E-state index contributed by atoms with van der Waals surface area (Å²) in [6.07, 6.45) is 1.59. The first-order valence-electron chi connectivity index (χ1n) is 8.69. The predicted octanol–water partition coefficient (Wildman–Crippen LogP) is 2.57. The molecule has 0 aromatic rings. The normalized spacial score (nSPS) is 14.5. The number of likely N-dealkylation sites (N-methyl/N-ethyl adjacent to an activating group) is 1. The van der Waals surface area contributed by atoms with Crippen LogP contribution in [0.15, 0.2) is 0 Å². The van der Waals surface area contributed by atoms with Gasteiger partial charge in [0.2, 0.25) is 5.91 Å². The first-order chi connectivity index (χ1) is 10.9. The van der Waals surface area contributed by atoms with E-state index in [1.807, 2.05) is 55.4 Å². The minimum absolute atomic E-state index is 0.0968. The highest BCUT2D eigenvalue weighted by atomic mass is 16.2. The van der Waals surface area contributed by atoms with Crippen LogP contribution >= 0.6 is 0 Å². The molecule has 0 spiro atoms. The van der Waals surface area contributed by atoms with Gasteiger partial charge in [0.25, 0.3) is 0 Å². The van der Waals surface area contributed by atoms with Crippen LogP contribution < -0.4 is 10.6 Å². The molecule has 0 rings (SSSR count). The van der Waals surface area contributed by atoms with E-state index >= 15 is 0 Å². The van der Waals surface area contributed by atoms with Gasteiger partial charge in [-0.05, 0) is 24.2 Å². The zero-order valence-corrected chi connectivity index (χ0v) is 16.5. The maximum Gasteiger partial charge on any atom is 0.316 e. The molecule has 0 aromatic carbocycles. The Morgan fingerprint density at radius 2 is 1.54 bits per heavy atom. The van der Waals surface area contributed by atoms with Crippen molar-refractivity contribution in [3.8, 4) is 0 Å². The first kappa shape index (κ1) is 22.4. The molecule has 140 valence electrons. The summed E-state index contributed by atoms with van der Waals surface area (Å²) in [6.45, 7) is 16.6. The monoisotopic (exact) mass is 341 g/mol. The average molecular weight is 341 g/mol. The zero-order valence-electron chi connectivity index (χ0n) is 16.5. The van der Waals surface area contributed by atoms with Crippen molar-refractivity contribution in [3.05, 3.63) is 0 Å². The van der Waals surface area contributed by atoms with Crippen molar-refractivity contribution in [1.82, 2.24) is 15.5 Å². The standard InChI is InChI=1S/C18H35N3O3/c1-9-11-21(10-2)15(23)14(18(6,7)8)20-16(24)19-13(12-22)17(3,4)5/h12-14H,9-11H2,1-8H3,(H2,19,20,24). The van der Waals surface area contributed by atoms with Crippen LogP contribution in [0.3, 0.4) is 0 Å². The molecule has 0 aliphatic carbocycles. The van der Waals surface area contributed by atoms with E-state index in [9.17, 15) is 14.4 Å². The van der Waals surface area contributed by atoms with Crippen LogP contribution in [0.2, 0.25) is 0 Å². The summed E-state index contributed by atoms with van der Waals surface area (Å²) in [6, 6.07) is -1.77. The molecule has 2 atom stereocenters. The minimum Gasteiger partial charge on any atom is -0.341 e. The van der Waals surface area contributed by atoms with E-state index in [0.29, 0.717) is 13.1 Å². The van der Waals surface area contributed by atoms with Crippen LogP contribution in [-0.4, -0.2) is 48.3 Å². The third kappa shape index (κ3) is 6.89. The van der Waals surface area contributed by atoms with Gasteiger partial charge in [-0.2, -0.15) is 0 Å². The Morgan fingerprint density at radius 1 is 1.00 bits per heavy atom. The van der Waals surface area contributed by atoms with Crippen molar-refractivity contribution in [3.63, 3.8) is 0 Å². The number of aldehydes is 1. The molecule has 0 aromatic heterocycles. The van der Waals surface area contributed by atoms with Crippen LogP contribution in [0.1, 0.15) is 61.8 Å². The Balaban J connectivity index is 5.20. The van der Waals surface area contributed by atoms with Crippen molar-refractivity contribution < 1.29 is 14.4 Å². The van der Waals surface area contributed by atoms with E-state index < -0.39 is 28.9 Å². The van der Waals surface area contributed by atoms with E-state index in [1.54, 1.807) is 4.90 Å². The first-order valence-corrected chi connectivity index (χ1v) is 8.69. The van der Waals surface area contributed by atoms with Crippen molar-refractivity contribution in [2.24, 2.45) is 10.8 Å². The molecule has 0 aliphatic rings. The Morgan fingerprint density at radius 3 is 1.88 bits per heavy atom. The third-order valence-electron chi connectivity index (χ3n) is 3.93. The zero-order chi connectivity index (χ0) is 19.1. The van der Waals surface area contributed by atoms with Crippen LogP contribution in [0.5, 0.6) is 0 Å². The fraction of sp³-hybridized carbons (Fsp3) is 0.833. The van der Waals surface area contributed by atoms with Gasteiger partial charge in [0.15, 0.2) is 0 Å². The number of nitrogens with zero attached hydrogens (tertiary/aromatic N) is 1. The maximum absolute atomic E-state index is 12.8. The smallest absolute Gasteiger partial charge is 0.316 e. The van der Waals surface area contributed by atoms with Crippen molar-refractivity contribution in [2.75, 3.05) is 13.1 Å². The second kappa shape index (κ2) is 9.04. The minimum atomic E-state index is -0.656. The fourth-order valence-corrected chi connectivity index (χ4v) is 2.29. The number of rotatable bonds is 7. The number of carbonyl (C=O) groups excluding carboxylic acids is 3. The second-order valence-corrected chi connectivity index (χ2v) is 8.31. The highest BCUT2D eigenvalue weighted by molar-refractivity contribution is 5.88. The summed E-state index contributed by atoms with van der Waals surface area (Å²) in [4.78, 5) is 38.1. The topological polar surface area (TPSA) is 78.5 Å². The van der Waals surface area contributed by atoms with Crippen LogP contribution in [-0.2, 0) is 9.59 Å². The Hall–Kier alpha value is -1.59. The molecule has 0 aliphatic heterocycles. The highest BCUT2D eigenvalue weighted by Crippen LogP contribution is 2.22. The van der Waals surface area contributed by atoms with Crippen LogP contribution in [0.25, 0.3) is 0 Å². The van der Waals surface area contributed by atoms with Crippen LogP contribution in [0, 0.1) is 10.8 Å². The van der Waals surface area contributed by atoms with Gasteiger partial charge in [-0.15, -0.1) is 0 Å². The number of amides is 3. The predicted molar refractivity (Wildman–Crippen MR) is 96.8 cm³/mol. The Labute approximate surface area is 146 Å². The number of carbonyl (C=O) groups is 3. The SMILES string of the molecule is CCCN(CC)C(=O)C(NC(=O)NC(C=O)C(C)(C)C)C(C)(C)C. The largest absolute Gasteiger partial charge is 0.341 e. The molecule has 0 radical (unpaired) electrons. The van der Waals surface area contributed by atoms with Gasteiger partial charge >= 0.3 is 6.03 Å². The summed E-state index contributed by atoms with van der Waals surface area (Å²) in [5.74, 6) is -0.0968. The van der Waals surface area contributed by atoms with Crippen molar-refractivity contribution in [2.45, 2.75) is 73.9 Å². The Bertz CT molecular complexity index is 436. The van der Waals surface area contributed by atoms with Gasteiger partial charge in [0, 0.05) is 13.1 Å². The summed E-state index contributed by atoms with van der Waals surface area (Å²) in [7, 11) is 0. The molecule has 2 N–H and O–H groups in total. The lowest BCUT2D eigenvalue weighted by molar-refractivity contribution is -0.135. The molecule has 0 saturated heterocycles. The fourth-order valence-electron chi connectivity index (χ4n) is 2.29. The highest BCUT2D eigenvalue weighted by Gasteiger charge is 2.36. The van der Waals surface area contributed by atoms with E-state index in [1.165, 1.54) is 0 Å². The second-order valence-electron chi connectivity index (χ2n) is 8.31. The van der Waals surface area contributed by atoms with Gasteiger partial charge in [-0.1, -0.05) is 48.5 Å². The average Bonchev–Trinajstić information content (AvgIpc) is 2.44. The van der Waals surface area contributed by atoms with Gasteiger partial charge in [0.1, 0.15) is 12.3 Å². The Kier molecular flexibility index (Phi) is 8.44. The molecule has 0 saturated carbocycles. The lowest BCUT2D eigenvalue weighted by Crippen LogP contribution is -2.59. The molecule has 3 amide bonds. The van der Waals surface area contributed by atoms with E-state index in [-0.39, 0.29) is 5.91 Å². The number of nitrogens with one attached hydrogen (secondary N) is 2. The van der Waals surface area contributed by atoms with E-state index in [0.717, 1.165) is 12.7 Å². The summed E-state index contributed by atoms with van der Waals surface area (Å²) >= 11 is 0. The van der Waals surface area contributed by atoms with Crippen molar-refractivity contribution >= 4 is 18.2 Å². The van der Waals surface area contributed by atoms with E-state index in [4.69, 9.17) is 0 Å². The quantitative estimate of drug-likeness (QED) is 0.699. The van der Waals surface area contributed by atoms with Crippen LogP contribution in [0.4, 0.5) is 4.79 Å². The number of urea groups is 1. The molecule has 2 unspecified atom stereocenters. The van der Waals surface area contributed by atoms with Gasteiger partial charge in [-0.3, -0.25) is 4.79 Å². The molecule has 6 heteroatoms. The van der Waals surface area contributed by atoms with Gasteiger partial charge < -0.3 is 20.3 Å². The molecule has 0 bridgehead atoms. The molecule has 6 nitrogen and oxygen atoms in total.